The minimum absolute atomic E-state index is 0.131. The number of aromatic nitrogens is 1. The lowest BCUT2D eigenvalue weighted by atomic mass is 9.81. The molecule has 4 heteroatoms. The summed E-state index contributed by atoms with van der Waals surface area (Å²) in [7, 11) is 0. The zero-order valence-electron chi connectivity index (χ0n) is 12.0. The van der Waals surface area contributed by atoms with E-state index in [2.05, 4.69) is 10.1 Å². The zero-order valence-corrected chi connectivity index (χ0v) is 12.0. The average Bonchev–Trinajstić information content (AvgIpc) is 2.82. The van der Waals surface area contributed by atoms with Crippen LogP contribution in [0.15, 0.2) is 10.6 Å². The van der Waals surface area contributed by atoms with Gasteiger partial charge in [-0.05, 0) is 38.0 Å². The van der Waals surface area contributed by atoms with Gasteiger partial charge in [0.15, 0.2) is 5.76 Å². The van der Waals surface area contributed by atoms with Crippen LogP contribution in [0.4, 0.5) is 0 Å². The number of hydrogen-bond acceptors (Lipinski definition) is 3. The van der Waals surface area contributed by atoms with Crippen molar-refractivity contribution >= 4 is 5.91 Å². The van der Waals surface area contributed by atoms with Gasteiger partial charge in [-0.3, -0.25) is 4.79 Å². The maximum atomic E-state index is 12.7. The van der Waals surface area contributed by atoms with Gasteiger partial charge in [0, 0.05) is 18.5 Å². The summed E-state index contributed by atoms with van der Waals surface area (Å²) in [5.74, 6) is 3.09. The predicted octanol–water partition coefficient (Wildman–Crippen LogP) is 3.08. The molecule has 1 amide bonds. The first-order chi connectivity index (χ1) is 9.74. The predicted molar refractivity (Wildman–Crippen MR) is 73.9 cm³/mol. The summed E-state index contributed by atoms with van der Waals surface area (Å²) < 4.78 is 5.39. The van der Waals surface area contributed by atoms with Crippen LogP contribution in [0.25, 0.3) is 0 Å². The Morgan fingerprint density at radius 2 is 2.20 bits per heavy atom. The summed E-state index contributed by atoms with van der Waals surface area (Å²) in [4.78, 5) is 14.8. The Labute approximate surface area is 119 Å². The van der Waals surface area contributed by atoms with Crippen molar-refractivity contribution in [2.75, 3.05) is 6.54 Å². The highest BCUT2D eigenvalue weighted by molar-refractivity contribution is 5.82. The molecule has 1 aliphatic heterocycles. The molecule has 20 heavy (non-hydrogen) atoms. The number of rotatable bonds is 3. The van der Waals surface area contributed by atoms with Gasteiger partial charge in [0.2, 0.25) is 5.91 Å². The average molecular weight is 274 g/mol. The summed E-state index contributed by atoms with van der Waals surface area (Å²) >= 11 is 0. The topological polar surface area (TPSA) is 46.3 Å². The fourth-order valence-corrected chi connectivity index (χ4v) is 3.97. The van der Waals surface area contributed by atoms with Gasteiger partial charge in [-0.25, -0.2) is 0 Å². The molecule has 108 valence electrons. The van der Waals surface area contributed by atoms with E-state index in [9.17, 15) is 4.79 Å². The fourth-order valence-electron chi connectivity index (χ4n) is 3.97. The first kappa shape index (κ1) is 12.4. The fraction of sp³-hybridized carbons (Fsp3) is 0.750. The van der Waals surface area contributed by atoms with Crippen LogP contribution < -0.4 is 0 Å². The summed E-state index contributed by atoms with van der Waals surface area (Å²) in [5.41, 5.74) is 0.901. The molecular weight excluding hydrogens is 252 g/mol. The van der Waals surface area contributed by atoms with Crippen LogP contribution >= 0.6 is 0 Å². The molecule has 0 bridgehead atoms. The quantitative estimate of drug-likeness (QED) is 0.851. The molecule has 1 aromatic heterocycles. The third-order valence-electron chi connectivity index (χ3n) is 5.42. The minimum atomic E-state index is 0.131. The molecule has 0 unspecified atom stereocenters. The van der Waals surface area contributed by atoms with E-state index >= 15 is 0 Å². The van der Waals surface area contributed by atoms with Gasteiger partial charge in [-0.15, -0.1) is 0 Å². The van der Waals surface area contributed by atoms with E-state index in [1.807, 2.05) is 13.0 Å². The Morgan fingerprint density at radius 3 is 2.85 bits per heavy atom. The maximum Gasteiger partial charge on any atom is 0.226 e. The lowest BCUT2D eigenvalue weighted by Gasteiger charge is -2.27. The van der Waals surface area contributed by atoms with Gasteiger partial charge < -0.3 is 9.42 Å². The lowest BCUT2D eigenvalue weighted by molar-refractivity contribution is -0.134. The number of hydrogen-bond donors (Lipinski definition) is 0. The normalized spacial score (nSPS) is 33.2. The van der Waals surface area contributed by atoms with Crippen molar-refractivity contribution in [3.63, 3.8) is 0 Å². The van der Waals surface area contributed by atoms with Crippen LogP contribution in [0.3, 0.4) is 0 Å². The second kappa shape index (κ2) is 4.61. The van der Waals surface area contributed by atoms with Gasteiger partial charge in [0.1, 0.15) is 0 Å². The number of nitrogens with zero attached hydrogens (tertiary/aromatic N) is 2. The lowest BCUT2D eigenvalue weighted by Crippen LogP contribution is -2.32. The number of aryl methyl sites for hydroxylation is 1. The number of carbonyl (C=O) groups excluding carboxylic acids is 1. The molecule has 3 fully saturated rings. The smallest absolute Gasteiger partial charge is 0.226 e. The minimum Gasteiger partial charge on any atom is -0.359 e. The third kappa shape index (κ3) is 1.97. The molecule has 4 nitrogen and oxygen atoms in total. The first-order valence-corrected chi connectivity index (χ1v) is 7.98. The largest absolute Gasteiger partial charge is 0.359 e. The SMILES string of the molecule is Cc1cc([C@@H]2CCCN2C(=O)[C@H]2C[C@H]2C2CCC2)on1. The van der Waals surface area contributed by atoms with Crippen LogP contribution in [-0.4, -0.2) is 22.5 Å². The maximum absolute atomic E-state index is 12.7. The van der Waals surface area contributed by atoms with E-state index in [0.717, 1.165) is 43.2 Å². The zero-order chi connectivity index (χ0) is 13.7. The molecule has 0 radical (unpaired) electrons. The van der Waals surface area contributed by atoms with Crippen molar-refractivity contribution in [2.45, 2.75) is 51.5 Å². The van der Waals surface area contributed by atoms with Crippen molar-refractivity contribution in [1.29, 1.82) is 0 Å². The summed E-state index contributed by atoms with van der Waals surface area (Å²) in [6.45, 7) is 2.82. The van der Waals surface area contributed by atoms with E-state index in [0.29, 0.717) is 17.7 Å². The van der Waals surface area contributed by atoms with Gasteiger partial charge >= 0.3 is 0 Å². The molecule has 2 saturated carbocycles. The molecular formula is C16H22N2O2. The molecule has 1 saturated heterocycles. The van der Waals surface area contributed by atoms with Crippen LogP contribution in [0.1, 0.15) is 56.0 Å². The third-order valence-corrected chi connectivity index (χ3v) is 5.42. The Balaban J connectivity index is 1.45. The number of amides is 1. The standard InChI is InChI=1S/C16H22N2O2/c1-10-8-15(20-17-10)14-6-3-7-18(14)16(19)13-9-12(13)11-4-2-5-11/h8,11-14H,2-7,9H2,1H3/t12-,13-,14-/m0/s1. The molecule has 2 aliphatic carbocycles. The summed E-state index contributed by atoms with van der Waals surface area (Å²) in [6, 6.07) is 2.11. The first-order valence-electron chi connectivity index (χ1n) is 7.98. The van der Waals surface area contributed by atoms with Crippen molar-refractivity contribution < 1.29 is 9.32 Å². The Bertz CT molecular complexity index is 520. The molecule has 3 atom stereocenters. The molecule has 4 rings (SSSR count). The van der Waals surface area contributed by atoms with Crippen molar-refractivity contribution in [1.82, 2.24) is 10.1 Å². The van der Waals surface area contributed by atoms with E-state index in [4.69, 9.17) is 4.52 Å². The molecule has 0 aromatic carbocycles. The molecule has 2 heterocycles. The van der Waals surface area contributed by atoms with Crippen molar-refractivity contribution in [3.05, 3.63) is 17.5 Å². The molecule has 0 N–H and O–H groups in total. The highest BCUT2D eigenvalue weighted by Gasteiger charge is 2.51. The van der Waals surface area contributed by atoms with E-state index < -0.39 is 0 Å². The van der Waals surface area contributed by atoms with Crippen LogP contribution in [-0.2, 0) is 4.79 Å². The Morgan fingerprint density at radius 1 is 1.35 bits per heavy atom. The van der Waals surface area contributed by atoms with Crippen molar-refractivity contribution in [3.8, 4) is 0 Å². The van der Waals surface area contributed by atoms with Gasteiger partial charge in [0.25, 0.3) is 0 Å². The van der Waals surface area contributed by atoms with Gasteiger partial charge in [-0.1, -0.05) is 24.4 Å². The highest BCUT2D eigenvalue weighted by Crippen LogP contribution is 2.53. The molecule has 1 aromatic rings. The van der Waals surface area contributed by atoms with E-state index in [1.54, 1.807) is 0 Å². The van der Waals surface area contributed by atoms with Crippen LogP contribution in [0, 0.1) is 24.7 Å². The molecule has 0 spiro atoms. The van der Waals surface area contributed by atoms with Crippen molar-refractivity contribution in [2.24, 2.45) is 17.8 Å². The monoisotopic (exact) mass is 274 g/mol. The second-order valence-corrected chi connectivity index (χ2v) is 6.76. The summed E-state index contributed by atoms with van der Waals surface area (Å²) in [6.07, 6.45) is 7.28. The second-order valence-electron chi connectivity index (χ2n) is 6.76. The summed E-state index contributed by atoms with van der Waals surface area (Å²) in [5, 5.41) is 3.97. The Hall–Kier alpha value is -1.32. The van der Waals surface area contributed by atoms with Crippen LogP contribution in [0.2, 0.25) is 0 Å². The van der Waals surface area contributed by atoms with Gasteiger partial charge in [0.05, 0.1) is 11.7 Å². The Kier molecular flexibility index (Phi) is 2.86. The van der Waals surface area contributed by atoms with E-state index in [1.165, 1.54) is 19.3 Å². The number of carbonyl (C=O) groups is 1. The van der Waals surface area contributed by atoms with Gasteiger partial charge in [-0.2, -0.15) is 0 Å². The molecule has 3 aliphatic rings. The van der Waals surface area contributed by atoms with E-state index in [-0.39, 0.29) is 6.04 Å². The number of likely N-dealkylation sites (tertiary alicyclic amines) is 1. The highest BCUT2D eigenvalue weighted by atomic mass is 16.5. The van der Waals surface area contributed by atoms with Crippen LogP contribution in [0.5, 0.6) is 0 Å².